The lowest BCUT2D eigenvalue weighted by Gasteiger charge is -2.17. The van der Waals surface area contributed by atoms with Crippen LogP contribution in [0.3, 0.4) is 0 Å². The highest BCUT2D eigenvalue weighted by molar-refractivity contribution is 5.85. The van der Waals surface area contributed by atoms with Crippen molar-refractivity contribution in [3.8, 4) is 5.69 Å². The second-order valence-corrected chi connectivity index (χ2v) is 5.26. The number of nitrogens with zero attached hydrogens (tertiary/aromatic N) is 5. The van der Waals surface area contributed by atoms with Crippen LogP contribution in [0.25, 0.3) is 16.7 Å². The second kappa shape index (κ2) is 4.73. The first-order chi connectivity index (χ1) is 10.3. The van der Waals surface area contributed by atoms with Crippen LogP contribution in [0, 0.1) is 0 Å². The van der Waals surface area contributed by atoms with Gasteiger partial charge in [0.1, 0.15) is 17.4 Å². The largest absolute Gasteiger partial charge is 0.382 e. The lowest BCUT2D eigenvalue weighted by molar-refractivity contribution is 0.906. The van der Waals surface area contributed by atoms with Crippen LogP contribution >= 0.6 is 0 Å². The van der Waals surface area contributed by atoms with Crippen LogP contribution in [0.2, 0.25) is 0 Å². The molecular formula is C15H16N6. The van der Waals surface area contributed by atoms with E-state index in [-0.39, 0.29) is 0 Å². The average Bonchev–Trinajstić information content (AvgIpc) is 3.18. The third-order valence-electron chi connectivity index (χ3n) is 3.95. The zero-order valence-electron chi connectivity index (χ0n) is 11.6. The molecule has 3 aromatic rings. The van der Waals surface area contributed by atoms with Crippen LogP contribution in [-0.2, 0) is 0 Å². The van der Waals surface area contributed by atoms with Crippen molar-refractivity contribution in [1.82, 2.24) is 19.7 Å². The second-order valence-electron chi connectivity index (χ2n) is 5.26. The zero-order valence-corrected chi connectivity index (χ0v) is 11.6. The van der Waals surface area contributed by atoms with Gasteiger partial charge in [-0.3, -0.25) is 0 Å². The summed E-state index contributed by atoms with van der Waals surface area (Å²) in [6, 6.07) is 8.39. The number of benzene rings is 1. The summed E-state index contributed by atoms with van der Waals surface area (Å²) in [7, 11) is 0. The summed E-state index contributed by atoms with van der Waals surface area (Å²) in [5, 5.41) is 4.37. The van der Waals surface area contributed by atoms with E-state index in [2.05, 4.69) is 44.2 Å². The number of anilines is 2. The van der Waals surface area contributed by atoms with Crippen molar-refractivity contribution in [2.45, 2.75) is 12.8 Å². The molecule has 6 nitrogen and oxygen atoms in total. The van der Waals surface area contributed by atoms with Crippen molar-refractivity contribution in [3.63, 3.8) is 0 Å². The van der Waals surface area contributed by atoms with Crippen LogP contribution in [0.1, 0.15) is 12.8 Å². The van der Waals surface area contributed by atoms with E-state index in [1.165, 1.54) is 24.9 Å². The van der Waals surface area contributed by atoms with Gasteiger partial charge in [-0.25, -0.2) is 14.6 Å². The van der Waals surface area contributed by atoms with Gasteiger partial charge in [0.05, 0.1) is 11.9 Å². The van der Waals surface area contributed by atoms with Gasteiger partial charge in [0, 0.05) is 18.8 Å². The lowest BCUT2D eigenvalue weighted by Crippen LogP contribution is -2.17. The molecule has 2 N–H and O–H groups in total. The van der Waals surface area contributed by atoms with Gasteiger partial charge in [-0.1, -0.05) is 0 Å². The molecule has 2 aromatic heterocycles. The molecule has 1 aliphatic rings. The summed E-state index contributed by atoms with van der Waals surface area (Å²) >= 11 is 0. The SMILES string of the molecule is Nc1ncnc2cnn(-c3ccc(N4CCCC4)cc3)c12. The van der Waals surface area contributed by atoms with Crippen molar-refractivity contribution >= 4 is 22.5 Å². The minimum absolute atomic E-state index is 0.445. The molecule has 0 unspecified atom stereocenters. The third-order valence-corrected chi connectivity index (χ3v) is 3.95. The van der Waals surface area contributed by atoms with Gasteiger partial charge in [0.2, 0.25) is 0 Å². The first-order valence-corrected chi connectivity index (χ1v) is 7.12. The number of hydrogen-bond donors (Lipinski definition) is 1. The zero-order chi connectivity index (χ0) is 14.2. The molecule has 3 heterocycles. The van der Waals surface area contributed by atoms with Gasteiger partial charge in [0.15, 0.2) is 5.82 Å². The number of rotatable bonds is 2. The van der Waals surface area contributed by atoms with Gasteiger partial charge in [-0.05, 0) is 37.1 Å². The molecule has 1 fully saturated rings. The Morgan fingerprint density at radius 1 is 0.952 bits per heavy atom. The number of aromatic nitrogens is 4. The van der Waals surface area contributed by atoms with E-state index < -0.39 is 0 Å². The molecule has 0 amide bonds. The van der Waals surface area contributed by atoms with Gasteiger partial charge < -0.3 is 10.6 Å². The van der Waals surface area contributed by atoms with Crippen LogP contribution in [0.15, 0.2) is 36.8 Å². The van der Waals surface area contributed by atoms with E-state index in [0.717, 1.165) is 29.8 Å². The fourth-order valence-corrected chi connectivity index (χ4v) is 2.86. The first kappa shape index (κ1) is 12.1. The first-order valence-electron chi connectivity index (χ1n) is 7.12. The van der Waals surface area contributed by atoms with Crippen LogP contribution < -0.4 is 10.6 Å². The van der Waals surface area contributed by atoms with E-state index in [1.54, 1.807) is 10.9 Å². The molecule has 1 saturated heterocycles. The van der Waals surface area contributed by atoms with Crippen LogP contribution in [0.4, 0.5) is 11.5 Å². The molecule has 0 aliphatic carbocycles. The predicted molar refractivity (Wildman–Crippen MR) is 82.5 cm³/mol. The molecule has 0 atom stereocenters. The summed E-state index contributed by atoms with van der Waals surface area (Å²) in [4.78, 5) is 10.6. The van der Waals surface area contributed by atoms with Crippen molar-refractivity contribution < 1.29 is 0 Å². The average molecular weight is 280 g/mol. The Labute approximate surface area is 122 Å². The van der Waals surface area contributed by atoms with Crippen molar-refractivity contribution in [3.05, 3.63) is 36.8 Å². The molecule has 4 rings (SSSR count). The van der Waals surface area contributed by atoms with Crippen molar-refractivity contribution in [1.29, 1.82) is 0 Å². The molecule has 1 aromatic carbocycles. The molecule has 0 spiro atoms. The minimum atomic E-state index is 0.445. The predicted octanol–water partition coefficient (Wildman–Crippen LogP) is 2.00. The normalized spacial score (nSPS) is 15.0. The maximum absolute atomic E-state index is 5.95. The van der Waals surface area contributed by atoms with Crippen molar-refractivity contribution in [2.75, 3.05) is 23.7 Å². The minimum Gasteiger partial charge on any atom is -0.382 e. The molecule has 6 heteroatoms. The fourth-order valence-electron chi connectivity index (χ4n) is 2.86. The molecule has 1 aliphatic heterocycles. The highest BCUT2D eigenvalue weighted by Gasteiger charge is 2.13. The maximum Gasteiger partial charge on any atom is 0.153 e. The van der Waals surface area contributed by atoms with Gasteiger partial charge in [-0.15, -0.1) is 0 Å². The molecule has 0 saturated carbocycles. The van der Waals surface area contributed by atoms with Gasteiger partial charge in [-0.2, -0.15) is 5.10 Å². The monoisotopic (exact) mass is 280 g/mol. The van der Waals surface area contributed by atoms with E-state index in [9.17, 15) is 0 Å². The molecular weight excluding hydrogens is 264 g/mol. The Bertz CT molecular complexity index is 770. The van der Waals surface area contributed by atoms with Gasteiger partial charge >= 0.3 is 0 Å². The number of nitrogen functional groups attached to an aromatic ring is 1. The summed E-state index contributed by atoms with van der Waals surface area (Å²) < 4.78 is 1.79. The van der Waals surface area contributed by atoms with E-state index >= 15 is 0 Å². The molecule has 0 bridgehead atoms. The van der Waals surface area contributed by atoms with Crippen molar-refractivity contribution in [2.24, 2.45) is 0 Å². The Kier molecular flexibility index (Phi) is 2.73. The Hall–Kier alpha value is -2.63. The topological polar surface area (TPSA) is 72.9 Å². The Morgan fingerprint density at radius 3 is 2.43 bits per heavy atom. The third kappa shape index (κ3) is 1.99. The Morgan fingerprint density at radius 2 is 1.67 bits per heavy atom. The van der Waals surface area contributed by atoms with Crippen LogP contribution in [-0.4, -0.2) is 32.8 Å². The van der Waals surface area contributed by atoms with Crippen LogP contribution in [0.5, 0.6) is 0 Å². The smallest absolute Gasteiger partial charge is 0.153 e. The quantitative estimate of drug-likeness (QED) is 0.777. The number of hydrogen-bond acceptors (Lipinski definition) is 5. The Balaban J connectivity index is 1.75. The maximum atomic E-state index is 5.95. The highest BCUT2D eigenvalue weighted by atomic mass is 15.3. The highest BCUT2D eigenvalue weighted by Crippen LogP contribution is 2.24. The molecule has 21 heavy (non-hydrogen) atoms. The standard InChI is InChI=1S/C15H16N6/c16-15-14-13(17-10-18-15)9-19-21(14)12-5-3-11(4-6-12)20-7-1-2-8-20/h3-6,9-10H,1-2,7-8H2,(H2,16,17,18). The van der Waals surface area contributed by atoms with E-state index in [0.29, 0.717) is 5.82 Å². The van der Waals surface area contributed by atoms with Gasteiger partial charge in [0.25, 0.3) is 0 Å². The molecule has 106 valence electrons. The lowest BCUT2D eigenvalue weighted by atomic mass is 10.2. The number of fused-ring (bicyclic) bond motifs is 1. The summed E-state index contributed by atoms with van der Waals surface area (Å²) in [6.45, 7) is 2.29. The summed E-state index contributed by atoms with van der Waals surface area (Å²) in [5.41, 5.74) is 9.69. The number of nitrogens with two attached hydrogens (primary N) is 1. The van der Waals surface area contributed by atoms with E-state index in [1.807, 2.05) is 0 Å². The molecule has 0 radical (unpaired) electrons. The van der Waals surface area contributed by atoms with E-state index in [4.69, 9.17) is 5.73 Å². The summed E-state index contributed by atoms with van der Waals surface area (Å²) in [5.74, 6) is 0.445. The fraction of sp³-hybridized carbons (Fsp3) is 0.267. The summed E-state index contributed by atoms with van der Waals surface area (Å²) in [6.07, 6.45) is 5.72.